The Morgan fingerprint density at radius 1 is 1.41 bits per heavy atom. The van der Waals surface area contributed by atoms with Crippen LogP contribution in [0.1, 0.15) is 28.3 Å². The number of hydrogen-bond donors (Lipinski definition) is 4. The third-order valence-electron chi connectivity index (χ3n) is 2.99. The van der Waals surface area contributed by atoms with E-state index in [-0.39, 0.29) is 11.5 Å². The number of phenols is 1. The molecule has 1 aliphatic carbocycles. The summed E-state index contributed by atoms with van der Waals surface area (Å²) < 4.78 is 13.2. The summed E-state index contributed by atoms with van der Waals surface area (Å²) in [4.78, 5) is 10.8. The number of aromatic hydroxyl groups is 1. The van der Waals surface area contributed by atoms with Crippen molar-refractivity contribution in [2.24, 2.45) is 0 Å². The average molecular weight is 240 g/mol. The van der Waals surface area contributed by atoms with Gasteiger partial charge in [-0.05, 0) is 24.0 Å². The minimum absolute atomic E-state index is 0.238. The van der Waals surface area contributed by atoms with Crippen LogP contribution in [0.15, 0.2) is 12.1 Å². The molecule has 0 amide bonds. The van der Waals surface area contributed by atoms with Crippen LogP contribution in [0.3, 0.4) is 0 Å². The Morgan fingerprint density at radius 3 is 2.53 bits per heavy atom. The molecule has 90 valence electrons. The van der Waals surface area contributed by atoms with E-state index in [1.165, 1.54) is 6.07 Å². The Balaban J connectivity index is 2.38. The van der Waals surface area contributed by atoms with Gasteiger partial charge in [-0.2, -0.15) is 0 Å². The van der Waals surface area contributed by atoms with Crippen molar-refractivity contribution in [2.75, 3.05) is 0 Å². The highest BCUT2D eigenvalue weighted by Crippen LogP contribution is 2.56. The molecule has 1 aliphatic rings. The molecule has 1 saturated carbocycles. The summed E-state index contributed by atoms with van der Waals surface area (Å²) >= 11 is 0. The van der Waals surface area contributed by atoms with Gasteiger partial charge in [-0.25, -0.2) is 9.18 Å². The number of rotatable bonds is 3. The van der Waals surface area contributed by atoms with E-state index in [4.69, 9.17) is 15.2 Å². The second-order valence-corrected chi connectivity index (χ2v) is 4.09. The van der Waals surface area contributed by atoms with Gasteiger partial charge in [0.25, 0.3) is 0 Å². The van der Waals surface area contributed by atoms with Crippen molar-refractivity contribution < 1.29 is 29.4 Å². The van der Waals surface area contributed by atoms with E-state index in [1.54, 1.807) is 0 Å². The number of carboxylic acid groups (broad SMARTS) is 1. The fourth-order valence-electron chi connectivity index (χ4n) is 1.99. The third kappa shape index (κ3) is 1.99. The van der Waals surface area contributed by atoms with Crippen LogP contribution in [-0.2, 0) is 0 Å². The van der Waals surface area contributed by atoms with Crippen molar-refractivity contribution in [3.8, 4) is 5.75 Å². The van der Waals surface area contributed by atoms with Gasteiger partial charge in [-0.3, -0.25) is 0 Å². The molecule has 7 heteroatoms. The summed E-state index contributed by atoms with van der Waals surface area (Å²) in [7, 11) is -1.52. The molecular weight excluding hydrogens is 230 g/mol. The fraction of sp³-hybridized carbons (Fsp3) is 0.300. The van der Waals surface area contributed by atoms with Crippen molar-refractivity contribution in [1.29, 1.82) is 0 Å². The molecule has 4 N–H and O–H groups in total. The molecule has 5 nitrogen and oxygen atoms in total. The zero-order chi connectivity index (χ0) is 12.7. The molecule has 17 heavy (non-hydrogen) atoms. The minimum Gasteiger partial charge on any atom is -0.507 e. The first kappa shape index (κ1) is 11.9. The molecule has 0 spiro atoms. The zero-order valence-corrected chi connectivity index (χ0v) is 8.67. The van der Waals surface area contributed by atoms with Gasteiger partial charge in [-0.1, -0.05) is 6.07 Å². The van der Waals surface area contributed by atoms with Crippen LogP contribution in [-0.4, -0.2) is 33.3 Å². The number of carbonyl (C=O) groups is 1. The predicted molar refractivity (Wildman–Crippen MR) is 56.3 cm³/mol. The highest BCUT2D eigenvalue weighted by molar-refractivity contribution is 6.44. The van der Waals surface area contributed by atoms with Crippen LogP contribution >= 0.6 is 0 Å². The Bertz CT molecular complexity index is 476. The molecule has 0 heterocycles. The van der Waals surface area contributed by atoms with Gasteiger partial charge in [0, 0.05) is 5.82 Å². The Labute approximate surface area is 96.3 Å². The van der Waals surface area contributed by atoms with Crippen molar-refractivity contribution in [3.63, 3.8) is 0 Å². The first-order chi connectivity index (χ1) is 7.93. The summed E-state index contributed by atoms with van der Waals surface area (Å²) in [6, 6.07) is 2.22. The standard InChI is InChI=1S/C10H10BFO5/c12-7-2-1-4(5-3-6(5)11(16)17)9(13)8(7)10(14)15/h1-2,5-6,13,16-17H,3H2,(H,14,15)/t5-,6-/m1/s1. The monoisotopic (exact) mass is 240 g/mol. The van der Waals surface area contributed by atoms with Crippen LogP contribution in [0.5, 0.6) is 5.75 Å². The molecule has 2 atom stereocenters. The molecule has 0 saturated heterocycles. The van der Waals surface area contributed by atoms with Gasteiger partial charge in [0.1, 0.15) is 17.1 Å². The van der Waals surface area contributed by atoms with E-state index >= 15 is 0 Å². The van der Waals surface area contributed by atoms with Crippen LogP contribution in [0.2, 0.25) is 5.82 Å². The summed E-state index contributed by atoms with van der Waals surface area (Å²) in [5.41, 5.74) is -0.539. The summed E-state index contributed by atoms with van der Waals surface area (Å²) in [5.74, 6) is -3.98. The number of hydrogen-bond acceptors (Lipinski definition) is 4. The maximum atomic E-state index is 13.2. The van der Waals surface area contributed by atoms with Crippen LogP contribution < -0.4 is 0 Å². The summed E-state index contributed by atoms with van der Waals surface area (Å²) in [5, 5.41) is 36.3. The molecule has 1 aromatic carbocycles. The lowest BCUT2D eigenvalue weighted by Crippen LogP contribution is -2.11. The first-order valence-electron chi connectivity index (χ1n) is 5.04. The second-order valence-electron chi connectivity index (χ2n) is 4.09. The second kappa shape index (κ2) is 4.01. The van der Waals surface area contributed by atoms with Crippen molar-refractivity contribution >= 4 is 13.1 Å². The lowest BCUT2D eigenvalue weighted by molar-refractivity contribution is 0.0688. The molecule has 0 radical (unpaired) electrons. The topological polar surface area (TPSA) is 98.0 Å². The predicted octanol–water partition coefficient (Wildman–Crippen LogP) is 0.560. The normalized spacial score (nSPS) is 22.3. The Hall–Kier alpha value is -1.60. The van der Waals surface area contributed by atoms with Gasteiger partial charge in [0.15, 0.2) is 0 Å². The Morgan fingerprint density at radius 2 is 2.06 bits per heavy atom. The first-order valence-corrected chi connectivity index (χ1v) is 5.04. The smallest absolute Gasteiger partial charge is 0.455 e. The van der Waals surface area contributed by atoms with Gasteiger partial charge >= 0.3 is 13.1 Å². The van der Waals surface area contributed by atoms with E-state index in [0.717, 1.165) is 6.07 Å². The Kier molecular flexibility index (Phi) is 2.80. The zero-order valence-electron chi connectivity index (χ0n) is 8.67. The molecule has 1 fully saturated rings. The maximum Gasteiger partial charge on any atom is 0.455 e. The lowest BCUT2D eigenvalue weighted by Gasteiger charge is -2.07. The lowest BCUT2D eigenvalue weighted by atomic mass is 9.81. The molecule has 0 aromatic heterocycles. The van der Waals surface area contributed by atoms with Crippen LogP contribution in [0.25, 0.3) is 0 Å². The molecule has 1 aromatic rings. The highest BCUT2D eigenvalue weighted by atomic mass is 19.1. The highest BCUT2D eigenvalue weighted by Gasteiger charge is 2.47. The van der Waals surface area contributed by atoms with E-state index < -0.39 is 36.0 Å². The van der Waals surface area contributed by atoms with Crippen LogP contribution in [0, 0.1) is 5.82 Å². The number of benzene rings is 1. The summed E-state index contributed by atoms with van der Waals surface area (Å²) in [6.07, 6.45) is 0.427. The number of carboxylic acids is 1. The van der Waals surface area contributed by atoms with Gasteiger partial charge in [0.05, 0.1) is 0 Å². The minimum atomic E-state index is -1.55. The summed E-state index contributed by atoms with van der Waals surface area (Å²) in [6.45, 7) is 0. The SMILES string of the molecule is O=C(O)c1c(F)ccc([C@H]2C[C@H]2B(O)O)c1O. The van der Waals surface area contributed by atoms with Crippen molar-refractivity contribution in [3.05, 3.63) is 29.1 Å². The van der Waals surface area contributed by atoms with E-state index in [9.17, 15) is 14.3 Å². The van der Waals surface area contributed by atoms with E-state index in [2.05, 4.69) is 0 Å². The fourth-order valence-corrected chi connectivity index (χ4v) is 1.99. The number of aromatic carboxylic acids is 1. The molecular formula is C10H10BFO5. The average Bonchev–Trinajstić information content (AvgIpc) is 2.96. The van der Waals surface area contributed by atoms with E-state index in [1.807, 2.05) is 0 Å². The van der Waals surface area contributed by atoms with Crippen molar-refractivity contribution in [2.45, 2.75) is 18.2 Å². The maximum absolute atomic E-state index is 13.2. The quantitative estimate of drug-likeness (QED) is 0.578. The molecule has 0 unspecified atom stereocenters. The van der Waals surface area contributed by atoms with Gasteiger partial charge in [-0.15, -0.1) is 0 Å². The van der Waals surface area contributed by atoms with Gasteiger partial charge < -0.3 is 20.3 Å². The van der Waals surface area contributed by atoms with Crippen molar-refractivity contribution in [1.82, 2.24) is 0 Å². The number of halogens is 1. The van der Waals surface area contributed by atoms with Crippen LogP contribution in [0.4, 0.5) is 4.39 Å². The molecule has 0 aliphatic heterocycles. The van der Waals surface area contributed by atoms with Gasteiger partial charge in [0.2, 0.25) is 0 Å². The third-order valence-corrected chi connectivity index (χ3v) is 2.99. The molecule has 2 rings (SSSR count). The molecule has 0 bridgehead atoms. The van der Waals surface area contributed by atoms with E-state index in [0.29, 0.717) is 6.42 Å². The largest absolute Gasteiger partial charge is 0.507 e.